The van der Waals surface area contributed by atoms with Gasteiger partial charge in [-0.25, -0.2) is 0 Å². The maximum Gasteiger partial charge on any atom is 0.187 e. The quantitative estimate of drug-likeness (QED) is 0.474. The fraction of sp³-hybridized carbons (Fsp3) is 0.697. The van der Waals surface area contributed by atoms with Crippen LogP contribution in [-0.2, 0) is 30.8 Å². The number of hydrogen-bond acceptors (Lipinski definition) is 5. The number of nitrogens with one attached hydrogen (secondary N) is 1. The summed E-state index contributed by atoms with van der Waals surface area (Å²) in [5.74, 6) is 1.72. The summed E-state index contributed by atoms with van der Waals surface area (Å²) in [4.78, 5) is 3.86. The van der Waals surface area contributed by atoms with Crippen molar-refractivity contribution in [1.29, 1.82) is 0 Å². The maximum atomic E-state index is 13.2. The second kappa shape index (κ2) is 6.61. The van der Waals surface area contributed by atoms with Crippen LogP contribution in [0.1, 0.15) is 78.5 Å². The van der Waals surface area contributed by atoms with E-state index in [1.54, 1.807) is 0 Å². The zero-order valence-electron chi connectivity index (χ0n) is 24.0. The van der Waals surface area contributed by atoms with Crippen molar-refractivity contribution >= 4 is 10.9 Å². The Kier molecular flexibility index (Phi) is 4.04. The van der Waals surface area contributed by atoms with E-state index in [0.29, 0.717) is 5.92 Å². The first kappa shape index (κ1) is 23.8. The Hall–Kier alpha value is -1.86. The van der Waals surface area contributed by atoms with Gasteiger partial charge < -0.3 is 29.0 Å². The molecule has 5 fully saturated rings. The van der Waals surface area contributed by atoms with E-state index in [-0.39, 0.29) is 40.7 Å². The van der Waals surface area contributed by atoms with Gasteiger partial charge in [-0.15, -0.1) is 0 Å². The lowest BCUT2D eigenvalue weighted by atomic mass is 9.41. The fourth-order valence-corrected chi connectivity index (χ4v) is 10.6. The van der Waals surface area contributed by atoms with Crippen molar-refractivity contribution in [2.45, 2.75) is 120 Å². The molecular formula is C33H41NO5. The third-order valence-corrected chi connectivity index (χ3v) is 13.1. The van der Waals surface area contributed by atoms with Gasteiger partial charge in [0.05, 0.1) is 16.6 Å². The number of allylic oxidation sites excluding steroid dienone is 1. The SMILES string of the molecule is CC1(C)OC1[C@H]1O[C@H]2[C@H]3C[C@@]34C(=CC[C@@]3(C)C4(O)CC[C@H]4Cc5c([nH]c6ccccc56)[C@@]43C)O[C@@H]2C(C)(C)O1. The number of epoxide rings is 1. The average Bonchev–Trinajstić information content (AvgIpc) is 3.71. The first-order valence-electron chi connectivity index (χ1n) is 15.1. The highest BCUT2D eigenvalue weighted by Crippen LogP contribution is 2.81. The van der Waals surface area contributed by atoms with Crippen LogP contribution >= 0.6 is 0 Å². The van der Waals surface area contributed by atoms with Crippen molar-refractivity contribution in [3.63, 3.8) is 0 Å². The summed E-state index contributed by atoms with van der Waals surface area (Å²) in [6, 6.07) is 8.71. The molecule has 4 aliphatic carbocycles. The summed E-state index contributed by atoms with van der Waals surface area (Å²) in [6.07, 6.45) is 6.17. The molecule has 6 nitrogen and oxygen atoms in total. The van der Waals surface area contributed by atoms with E-state index < -0.39 is 22.9 Å². The molecule has 10 atom stereocenters. The topological polar surface area (TPSA) is 76.2 Å². The van der Waals surface area contributed by atoms with Crippen LogP contribution in [0.4, 0.5) is 0 Å². The number of rotatable bonds is 1. The summed E-state index contributed by atoms with van der Waals surface area (Å²) in [5, 5.41) is 14.6. The fourth-order valence-electron chi connectivity index (χ4n) is 10.6. The second-order valence-electron chi connectivity index (χ2n) is 15.3. The number of ether oxygens (including phenoxy) is 4. The number of aromatic amines is 1. The third kappa shape index (κ3) is 2.45. The molecule has 3 saturated heterocycles. The number of aromatic nitrogens is 1. The summed E-state index contributed by atoms with van der Waals surface area (Å²) in [5.41, 5.74) is 1.53. The van der Waals surface area contributed by atoms with Gasteiger partial charge in [-0.2, -0.15) is 0 Å². The average molecular weight is 532 g/mol. The molecule has 2 unspecified atom stereocenters. The van der Waals surface area contributed by atoms with E-state index >= 15 is 0 Å². The van der Waals surface area contributed by atoms with E-state index in [2.05, 4.69) is 76.9 Å². The van der Waals surface area contributed by atoms with Crippen molar-refractivity contribution < 1.29 is 24.1 Å². The molecule has 208 valence electrons. The standard InChI is InChI=1S/C33H41NO5/c1-28(2)25-23(37-27(39-28)26-29(3,4)38-26)20-16-32(20)22(36-25)12-13-30(5)31(6)17(11-14-33(30,32)35)15-19-18-9-7-8-10-21(18)34-24(19)31/h7-10,12,17,20,23,25-27,34-35H,11,13-16H2,1-6H3/t17-,20+,23-,25-,26?,27-,30+,31+,32-,33?/m0/s1. The van der Waals surface area contributed by atoms with Crippen LogP contribution in [0.3, 0.4) is 0 Å². The van der Waals surface area contributed by atoms with Crippen LogP contribution in [0.15, 0.2) is 36.1 Å². The zero-order chi connectivity index (χ0) is 27.0. The normalized spacial score (nSPS) is 51.3. The van der Waals surface area contributed by atoms with E-state index in [1.807, 2.05) is 0 Å². The van der Waals surface area contributed by atoms with Crippen molar-refractivity contribution in [2.75, 3.05) is 0 Å². The van der Waals surface area contributed by atoms with E-state index in [9.17, 15) is 5.11 Å². The highest BCUT2D eigenvalue weighted by Gasteiger charge is 2.84. The number of H-pyrrole nitrogens is 1. The summed E-state index contributed by atoms with van der Waals surface area (Å²) in [7, 11) is 0. The lowest BCUT2D eigenvalue weighted by Crippen LogP contribution is -2.71. The highest BCUT2D eigenvalue weighted by molar-refractivity contribution is 5.86. The zero-order valence-corrected chi connectivity index (χ0v) is 24.0. The predicted octanol–water partition coefficient (Wildman–Crippen LogP) is 5.52. The smallest absolute Gasteiger partial charge is 0.187 e. The van der Waals surface area contributed by atoms with Gasteiger partial charge in [0.2, 0.25) is 0 Å². The van der Waals surface area contributed by atoms with Crippen molar-refractivity contribution in [3.8, 4) is 0 Å². The molecule has 0 amide bonds. The van der Waals surface area contributed by atoms with Gasteiger partial charge in [-0.1, -0.05) is 32.0 Å². The molecule has 0 bridgehead atoms. The highest BCUT2D eigenvalue weighted by atomic mass is 16.8. The summed E-state index contributed by atoms with van der Waals surface area (Å²) in [6.45, 7) is 13.2. The number of para-hydroxylation sites is 1. The molecule has 1 spiro atoms. The Bertz CT molecular complexity index is 1470. The minimum Gasteiger partial charge on any atom is -0.489 e. The number of benzene rings is 1. The van der Waals surface area contributed by atoms with Gasteiger partial charge >= 0.3 is 0 Å². The molecular weight excluding hydrogens is 490 g/mol. The predicted molar refractivity (Wildman–Crippen MR) is 146 cm³/mol. The minimum absolute atomic E-state index is 0.0719. The molecule has 1 aromatic heterocycles. The Labute approximate surface area is 230 Å². The van der Waals surface area contributed by atoms with Crippen molar-refractivity contribution in [1.82, 2.24) is 4.98 Å². The molecule has 7 aliphatic rings. The van der Waals surface area contributed by atoms with Gasteiger partial charge in [-0.05, 0) is 83.4 Å². The van der Waals surface area contributed by atoms with Crippen LogP contribution in [0.2, 0.25) is 0 Å². The van der Waals surface area contributed by atoms with Gasteiger partial charge in [-0.3, -0.25) is 0 Å². The van der Waals surface area contributed by atoms with Gasteiger partial charge in [0.15, 0.2) is 12.4 Å². The Morgan fingerprint density at radius 3 is 2.49 bits per heavy atom. The van der Waals surface area contributed by atoms with Crippen LogP contribution in [0.5, 0.6) is 0 Å². The Balaban J connectivity index is 1.15. The molecule has 39 heavy (non-hydrogen) atoms. The van der Waals surface area contributed by atoms with Gasteiger partial charge in [0, 0.05) is 33.3 Å². The summed E-state index contributed by atoms with van der Waals surface area (Å²) >= 11 is 0. The maximum absolute atomic E-state index is 13.2. The molecule has 2 N–H and O–H groups in total. The molecule has 6 heteroatoms. The van der Waals surface area contributed by atoms with Crippen LogP contribution in [0, 0.1) is 22.7 Å². The van der Waals surface area contributed by atoms with Crippen LogP contribution in [0.25, 0.3) is 10.9 Å². The van der Waals surface area contributed by atoms with Gasteiger partial charge in [0.25, 0.3) is 0 Å². The monoisotopic (exact) mass is 531 g/mol. The molecule has 1 aromatic carbocycles. The minimum atomic E-state index is -0.874. The van der Waals surface area contributed by atoms with Crippen molar-refractivity contribution in [3.05, 3.63) is 47.4 Å². The van der Waals surface area contributed by atoms with E-state index in [4.69, 9.17) is 18.9 Å². The Morgan fingerprint density at radius 2 is 1.72 bits per heavy atom. The lowest BCUT2D eigenvalue weighted by Gasteiger charge is -2.66. The molecule has 3 aliphatic heterocycles. The molecule has 9 rings (SSSR count). The Morgan fingerprint density at radius 1 is 0.974 bits per heavy atom. The first-order chi connectivity index (χ1) is 18.4. The second-order valence-corrected chi connectivity index (χ2v) is 15.3. The first-order valence-corrected chi connectivity index (χ1v) is 15.1. The van der Waals surface area contributed by atoms with E-state index in [1.165, 1.54) is 22.2 Å². The molecule has 2 saturated carbocycles. The van der Waals surface area contributed by atoms with Gasteiger partial charge in [0.1, 0.15) is 23.6 Å². The summed E-state index contributed by atoms with van der Waals surface area (Å²) < 4.78 is 26.0. The number of hydrogen-bond donors (Lipinski definition) is 2. The van der Waals surface area contributed by atoms with Crippen molar-refractivity contribution in [2.24, 2.45) is 22.7 Å². The van der Waals surface area contributed by atoms with Crippen LogP contribution < -0.4 is 0 Å². The molecule has 4 heterocycles. The molecule has 0 radical (unpaired) electrons. The number of fused-ring (bicyclic) bond motifs is 9. The van der Waals surface area contributed by atoms with Crippen LogP contribution in [-0.4, -0.2) is 51.5 Å². The van der Waals surface area contributed by atoms with E-state index in [0.717, 1.165) is 37.9 Å². The largest absolute Gasteiger partial charge is 0.489 e. The third-order valence-electron chi connectivity index (χ3n) is 13.1. The number of aliphatic hydroxyl groups is 1. The molecule has 2 aromatic rings. The lowest BCUT2D eigenvalue weighted by molar-refractivity contribution is -0.343.